The number of hydrogen-bond acceptors (Lipinski definition) is 2. The van der Waals surface area contributed by atoms with E-state index in [0.717, 1.165) is 25.0 Å². The predicted octanol–water partition coefficient (Wildman–Crippen LogP) is 3.95. The molecule has 0 radical (unpaired) electrons. The molecule has 1 saturated carbocycles. The fourth-order valence-corrected chi connectivity index (χ4v) is 3.27. The smallest absolute Gasteiger partial charge is 0.0817 e. The summed E-state index contributed by atoms with van der Waals surface area (Å²) in [5.41, 5.74) is 2.51. The SMILES string of the molecule is OC(CC1CCCCO1)c1ccccc1C1CCC1. The summed E-state index contributed by atoms with van der Waals surface area (Å²) in [6.07, 6.45) is 8.05. The lowest BCUT2D eigenvalue weighted by Crippen LogP contribution is -2.22. The largest absolute Gasteiger partial charge is 0.388 e. The topological polar surface area (TPSA) is 29.5 Å². The summed E-state index contributed by atoms with van der Waals surface area (Å²) in [4.78, 5) is 0. The van der Waals surface area contributed by atoms with Crippen LogP contribution < -0.4 is 0 Å². The molecule has 0 bridgehead atoms. The van der Waals surface area contributed by atoms with Gasteiger partial charge in [0.05, 0.1) is 12.2 Å². The number of aliphatic hydroxyl groups is 1. The van der Waals surface area contributed by atoms with Crippen molar-refractivity contribution < 1.29 is 9.84 Å². The average molecular weight is 260 g/mol. The van der Waals surface area contributed by atoms with Crippen molar-refractivity contribution in [2.75, 3.05) is 6.61 Å². The molecule has 2 nitrogen and oxygen atoms in total. The highest BCUT2D eigenvalue weighted by Gasteiger charge is 2.26. The van der Waals surface area contributed by atoms with Gasteiger partial charge in [-0.25, -0.2) is 0 Å². The first kappa shape index (κ1) is 13.1. The molecule has 2 atom stereocenters. The minimum Gasteiger partial charge on any atom is -0.388 e. The third-order valence-electron chi connectivity index (χ3n) is 4.66. The zero-order valence-electron chi connectivity index (χ0n) is 11.6. The van der Waals surface area contributed by atoms with E-state index < -0.39 is 0 Å². The Balaban J connectivity index is 1.69. The first-order chi connectivity index (χ1) is 9.34. The van der Waals surface area contributed by atoms with Crippen LogP contribution in [0.5, 0.6) is 0 Å². The molecule has 0 amide bonds. The maximum atomic E-state index is 10.5. The molecule has 2 heteroatoms. The van der Waals surface area contributed by atoms with Gasteiger partial charge in [-0.3, -0.25) is 0 Å². The van der Waals surface area contributed by atoms with Gasteiger partial charge in [-0.05, 0) is 49.1 Å². The second-order valence-electron chi connectivity index (χ2n) is 6.00. The highest BCUT2D eigenvalue weighted by Crippen LogP contribution is 2.40. The summed E-state index contributed by atoms with van der Waals surface area (Å²) in [6, 6.07) is 8.44. The first-order valence-corrected chi connectivity index (χ1v) is 7.73. The first-order valence-electron chi connectivity index (χ1n) is 7.73. The number of ether oxygens (including phenoxy) is 1. The molecule has 1 saturated heterocycles. The van der Waals surface area contributed by atoms with Crippen LogP contribution in [0.15, 0.2) is 24.3 Å². The molecule has 1 aliphatic heterocycles. The van der Waals surface area contributed by atoms with E-state index in [4.69, 9.17) is 4.74 Å². The molecule has 3 rings (SSSR count). The van der Waals surface area contributed by atoms with Crippen LogP contribution in [-0.4, -0.2) is 17.8 Å². The zero-order valence-corrected chi connectivity index (χ0v) is 11.6. The lowest BCUT2D eigenvalue weighted by molar-refractivity contribution is -0.0158. The van der Waals surface area contributed by atoms with Gasteiger partial charge in [0, 0.05) is 13.0 Å². The molecule has 0 aromatic heterocycles. The summed E-state index contributed by atoms with van der Waals surface area (Å²) >= 11 is 0. The van der Waals surface area contributed by atoms with Crippen LogP contribution >= 0.6 is 0 Å². The lowest BCUT2D eigenvalue weighted by Gasteiger charge is -2.30. The van der Waals surface area contributed by atoms with Crippen molar-refractivity contribution in [2.45, 2.75) is 63.1 Å². The Bertz CT molecular complexity index is 405. The molecule has 1 heterocycles. The molecule has 1 aromatic rings. The molecule has 1 aromatic carbocycles. The van der Waals surface area contributed by atoms with Crippen molar-refractivity contribution >= 4 is 0 Å². The van der Waals surface area contributed by atoms with Gasteiger partial charge in [0.15, 0.2) is 0 Å². The Hall–Kier alpha value is -0.860. The maximum Gasteiger partial charge on any atom is 0.0817 e. The van der Waals surface area contributed by atoms with E-state index in [1.807, 2.05) is 6.07 Å². The Morgan fingerprint density at radius 2 is 1.95 bits per heavy atom. The van der Waals surface area contributed by atoms with Gasteiger partial charge in [-0.2, -0.15) is 0 Å². The number of hydrogen-bond donors (Lipinski definition) is 1. The molecule has 104 valence electrons. The van der Waals surface area contributed by atoms with Crippen LogP contribution in [0.4, 0.5) is 0 Å². The summed E-state index contributed by atoms with van der Waals surface area (Å²) in [5, 5.41) is 10.5. The molecule has 0 spiro atoms. The van der Waals surface area contributed by atoms with Gasteiger partial charge >= 0.3 is 0 Å². The molecule has 1 N–H and O–H groups in total. The number of rotatable bonds is 4. The molecule has 1 aliphatic carbocycles. The Morgan fingerprint density at radius 1 is 1.11 bits per heavy atom. The van der Waals surface area contributed by atoms with E-state index in [0.29, 0.717) is 5.92 Å². The standard InChI is InChI=1S/C17H24O2/c18-17(12-14-8-3-4-11-19-14)16-10-2-1-9-15(16)13-6-5-7-13/h1-2,9-10,13-14,17-18H,3-8,11-12H2. The summed E-state index contributed by atoms with van der Waals surface area (Å²) < 4.78 is 5.75. The van der Waals surface area contributed by atoms with Crippen molar-refractivity contribution in [3.05, 3.63) is 35.4 Å². The maximum absolute atomic E-state index is 10.5. The van der Waals surface area contributed by atoms with Crippen LogP contribution in [0.3, 0.4) is 0 Å². The molecular formula is C17H24O2. The third kappa shape index (κ3) is 3.01. The van der Waals surface area contributed by atoms with Crippen LogP contribution in [0.2, 0.25) is 0 Å². The van der Waals surface area contributed by atoms with E-state index in [1.54, 1.807) is 0 Å². The lowest BCUT2D eigenvalue weighted by atomic mass is 9.77. The normalized spacial score (nSPS) is 25.8. The highest BCUT2D eigenvalue weighted by atomic mass is 16.5. The Morgan fingerprint density at radius 3 is 2.63 bits per heavy atom. The molecule has 2 fully saturated rings. The third-order valence-corrected chi connectivity index (χ3v) is 4.66. The second-order valence-corrected chi connectivity index (χ2v) is 6.00. The fourth-order valence-electron chi connectivity index (χ4n) is 3.27. The van der Waals surface area contributed by atoms with E-state index in [9.17, 15) is 5.11 Å². The average Bonchev–Trinajstić information content (AvgIpc) is 2.38. The van der Waals surface area contributed by atoms with Gasteiger partial charge < -0.3 is 9.84 Å². The Labute approximate surface area is 115 Å². The van der Waals surface area contributed by atoms with E-state index in [2.05, 4.69) is 18.2 Å². The van der Waals surface area contributed by atoms with E-state index >= 15 is 0 Å². The highest BCUT2D eigenvalue weighted by molar-refractivity contribution is 5.33. The number of aliphatic hydroxyl groups excluding tert-OH is 1. The van der Waals surface area contributed by atoms with Crippen molar-refractivity contribution in [1.29, 1.82) is 0 Å². The van der Waals surface area contributed by atoms with E-state index in [1.165, 1.54) is 37.7 Å². The Kier molecular flexibility index (Phi) is 4.19. The monoisotopic (exact) mass is 260 g/mol. The van der Waals surface area contributed by atoms with Crippen molar-refractivity contribution in [3.63, 3.8) is 0 Å². The minimum atomic E-state index is -0.361. The minimum absolute atomic E-state index is 0.248. The van der Waals surface area contributed by atoms with Crippen molar-refractivity contribution in [2.24, 2.45) is 0 Å². The molecule has 2 aliphatic rings. The zero-order chi connectivity index (χ0) is 13.1. The molecular weight excluding hydrogens is 236 g/mol. The summed E-state index contributed by atoms with van der Waals surface area (Å²) in [5.74, 6) is 0.679. The quantitative estimate of drug-likeness (QED) is 0.888. The number of benzene rings is 1. The second kappa shape index (κ2) is 6.06. The summed E-state index contributed by atoms with van der Waals surface area (Å²) in [6.45, 7) is 0.863. The fraction of sp³-hybridized carbons (Fsp3) is 0.647. The van der Waals surface area contributed by atoms with Gasteiger partial charge in [0.25, 0.3) is 0 Å². The van der Waals surface area contributed by atoms with Crippen molar-refractivity contribution in [1.82, 2.24) is 0 Å². The molecule has 2 unspecified atom stereocenters. The van der Waals surface area contributed by atoms with Crippen molar-refractivity contribution in [3.8, 4) is 0 Å². The molecule has 19 heavy (non-hydrogen) atoms. The van der Waals surface area contributed by atoms with E-state index in [-0.39, 0.29) is 12.2 Å². The van der Waals surface area contributed by atoms with Crippen LogP contribution in [0.1, 0.15) is 68.1 Å². The van der Waals surface area contributed by atoms with Gasteiger partial charge in [-0.15, -0.1) is 0 Å². The van der Waals surface area contributed by atoms with Crippen LogP contribution in [-0.2, 0) is 4.74 Å². The van der Waals surface area contributed by atoms with Gasteiger partial charge in [0.1, 0.15) is 0 Å². The van der Waals surface area contributed by atoms with Gasteiger partial charge in [0.2, 0.25) is 0 Å². The summed E-state index contributed by atoms with van der Waals surface area (Å²) in [7, 11) is 0. The van der Waals surface area contributed by atoms with Crippen LogP contribution in [0, 0.1) is 0 Å². The van der Waals surface area contributed by atoms with Crippen LogP contribution in [0.25, 0.3) is 0 Å². The predicted molar refractivity (Wildman–Crippen MR) is 76.2 cm³/mol. The van der Waals surface area contributed by atoms with Gasteiger partial charge in [-0.1, -0.05) is 30.7 Å².